The highest BCUT2D eigenvalue weighted by Crippen LogP contribution is 2.28. The predicted molar refractivity (Wildman–Crippen MR) is 71.7 cm³/mol. The second-order valence-electron chi connectivity index (χ2n) is 4.53. The van der Waals surface area contributed by atoms with E-state index in [1.807, 2.05) is 6.92 Å². The molecule has 1 saturated carbocycles. The number of hydrogen-bond acceptors (Lipinski definition) is 3. The molecule has 0 radical (unpaired) electrons. The predicted octanol–water partition coefficient (Wildman–Crippen LogP) is 1.23. The van der Waals surface area contributed by atoms with E-state index in [4.69, 9.17) is 22.7 Å². The Kier molecular flexibility index (Phi) is 6.44. The largest absolute Gasteiger partial charge is 0.393 e. The number of nitrogens with one attached hydrogen (secondary N) is 1. The Morgan fingerprint density at radius 1 is 1.59 bits per heavy atom. The van der Waals surface area contributed by atoms with E-state index >= 15 is 0 Å². The summed E-state index contributed by atoms with van der Waals surface area (Å²) in [6.45, 7) is 4.11. The van der Waals surface area contributed by atoms with Crippen LogP contribution in [0.1, 0.15) is 32.6 Å². The van der Waals surface area contributed by atoms with E-state index in [0.29, 0.717) is 19.6 Å². The molecule has 1 atom stereocenters. The van der Waals surface area contributed by atoms with Gasteiger partial charge in [-0.15, -0.1) is 0 Å². The van der Waals surface area contributed by atoms with Crippen LogP contribution in [0.3, 0.4) is 0 Å². The van der Waals surface area contributed by atoms with Crippen LogP contribution in [-0.2, 0) is 9.53 Å². The van der Waals surface area contributed by atoms with Crippen LogP contribution in [0.2, 0.25) is 0 Å². The van der Waals surface area contributed by atoms with Crippen molar-refractivity contribution in [3.63, 3.8) is 0 Å². The maximum absolute atomic E-state index is 11.6. The third kappa shape index (κ3) is 5.98. The standard InChI is InChI=1S/C12H22N2O2S/c1-2-10(11(13)17)12(15)14-6-3-7-16-8-9-4-5-9/h9-10H,2-8H2,1H3,(H2,13,17)(H,14,15). The number of carbonyl (C=O) groups excluding carboxylic acids is 1. The molecule has 0 aromatic carbocycles. The molecule has 17 heavy (non-hydrogen) atoms. The topological polar surface area (TPSA) is 64.3 Å². The Morgan fingerprint density at radius 3 is 2.82 bits per heavy atom. The van der Waals surface area contributed by atoms with E-state index in [1.54, 1.807) is 0 Å². The van der Waals surface area contributed by atoms with Crippen molar-refractivity contribution in [3.05, 3.63) is 0 Å². The van der Waals surface area contributed by atoms with Gasteiger partial charge in [0.05, 0.1) is 10.9 Å². The second-order valence-corrected chi connectivity index (χ2v) is 5.00. The summed E-state index contributed by atoms with van der Waals surface area (Å²) >= 11 is 4.84. The van der Waals surface area contributed by atoms with E-state index in [-0.39, 0.29) is 16.8 Å². The van der Waals surface area contributed by atoms with Crippen LogP contribution >= 0.6 is 12.2 Å². The fourth-order valence-corrected chi connectivity index (χ4v) is 1.83. The van der Waals surface area contributed by atoms with E-state index in [0.717, 1.165) is 18.9 Å². The van der Waals surface area contributed by atoms with Gasteiger partial charge >= 0.3 is 0 Å². The van der Waals surface area contributed by atoms with Crippen LogP contribution in [0, 0.1) is 11.8 Å². The molecule has 4 nitrogen and oxygen atoms in total. The van der Waals surface area contributed by atoms with Crippen molar-refractivity contribution >= 4 is 23.1 Å². The van der Waals surface area contributed by atoms with E-state index in [1.165, 1.54) is 12.8 Å². The lowest BCUT2D eigenvalue weighted by atomic mass is 10.1. The summed E-state index contributed by atoms with van der Waals surface area (Å²) in [5.74, 6) is 0.392. The lowest BCUT2D eigenvalue weighted by molar-refractivity contribution is -0.123. The summed E-state index contributed by atoms with van der Waals surface area (Å²) in [5, 5.41) is 2.83. The van der Waals surface area contributed by atoms with Crippen molar-refractivity contribution in [3.8, 4) is 0 Å². The summed E-state index contributed by atoms with van der Waals surface area (Å²) in [4.78, 5) is 11.9. The average molecular weight is 258 g/mol. The molecule has 98 valence electrons. The van der Waals surface area contributed by atoms with Gasteiger partial charge in [-0.05, 0) is 31.6 Å². The summed E-state index contributed by atoms with van der Waals surface area (Å²) < 4.78 is 5.47. The zero-order valence-corrected chi connectivity index (χ0v) is 11.2. The van der Waals surface area contributed by atoms with Gasteiger partial charge in [0, 0.05) is 19.8 Å². The molecular weight excluding hydrogens is 236 g/mol. The van der Waals surface area contributed by atoms with Gasteiger partial charge in [-0.25, -0.2) is 0 Å². The molecule has 1 aliphatic rings. The molecule has 1 rings (SSSR count). The maximum Gasteiger partial charge on any atom is 0.229 e. The van der Waals surface area contributed by atoms with Crippen molar-refractivity contribution in [2.75, 3.05) is 19.8 Å². The smallest absolute Gasteiger partial charge is 0.229 e. The first-order chi connectivity index (χ1) is 8.15. The van der Waals surface area contributed by atoms with Crippen molar-refractivity contribution in [2.24, 2.45) is 17.6 Å². The van der Waals surface area contributed by atoms with Crippen LogP contribution < -0.4 is 11.1 Å². The van der Waals surface area contributed by atoms with Crippen molar-refractivity contribution in [2.45, 2.75) is 32.6 Å². The molecule has 0 saturated heterocycles. The fourth-order valence-electron chi connectivity index (χ4n) is 1.56. The molecule has 0 spiro atoms. The second kappa shape index (κ2) is 7.61. The normalized spacial score (nSPS) is 16.5. The molecular formula is C12H22N2O2S. The first-order valence-electron chi connectivity index (χ1n) is 6.30. The highest BCUT2D eigenvalue weighted by atomic mass is 32.1. The minimum absolute atomic E-state index is 0.0674. The molecule has 0 aromatic rings. The molecule has 3 N–H and O–H groups in total. The molecule has 0 heterocycles. The minimum atomic E-state index is -0.336. The van der Waals surface area contributed by atoms with Gasteiger partial charge < -0.3 is 15.8 Å². The number of carbonyl (C=O) groups is 1. The highest BCUT2D eigenvalue weighted by Gasteiger charge is 2.21. The van der Waals surface area contributed by atoms with Crippen molar-refractivity contribution < 1.29 is 9.53 Å². The van der Waals surface area contributed by atoms with E-state index < -0.39 is 0 Å². The van der Waals surface area contributed by atoms with Crippen LogP contribution in [0.4, 0.5) is 0 Å². The van der Waals surface area contributed by atoms with Gasteiger partial charge in [-0.1, -0.05) is 19.1 Å². The molecule has 1 unspecified atom stereocenters. The maximum atomic E-state index is 11.6. The third-order valence-electron chi connectivity index (χ3n) is 2.88. The van der Waals surface area contributed by atoms with Gasteiger partial charge in [-0.2, -0.15) is 0 Å². The molecule has 1 fully saturated rings. The number of ether oxygens (including phenoxy) is 1. The Bertz CT molecular complexity index is 267. The quantitative estimate of drug-likeness (QED) is 0.482. The summed E-state index contributed by atoms with van der Waals surface area (Å²) in [6, 6.07) is 0. The number of amides is 1. The van der Waals surface area contributed by atoms with Crippen LogP contribution in [0.15, 0.2) is 0 Å². The van der Waals surface area contributed by atoms with Crippen molar-refractivity contribution in [1.82, 2.24) is 5.32 Å². The van der Waals surface area contributed by atoms with Gasteiger partial charge in [-0.3, -0.25) is 4.79 Å². The molecule has 1 amide bonds. The monoisotopic (exact) mass is 258 g/mol. The fraction of sp³-hybridized carbons (Fsp3) is 0.833. The third-order valence-corrected chi connectivity index (χ3v) is 3.17. The Balaban J connectivity index is 1.99. The number of hydrogen-bond donors (Lipinski definition) is 2. The van der Waals surface area contributed by atoms with Crippen LogP contribution in [0.5, 0.6) is 0 Å². The lowest BCUT2D eigenvalue weighted by Gasteiger charge is -2.13. The Labute approximate surface area is 108 Å². The Morgan fingerprint density at radius 2 is 2.29 bits per heavy atom. The molecule has 5 heteroatoms. The molecule has 1 aliphatic carbocycles. The molecule has 0 aliphatic heterocycles. The Hall–Kier alpha value is -0.680. The lowest BCUT2D eigenvalue weighted by Crippen LogP contribution is -2.38. The van der Waals surface area contributed by atoms with Gasteiger partial charge in [0.15, 0.2) is 0 Å². The van der Waals surface area contributed by atoms with Gasteiger partial charge in [0.2, 0.25) is 5.91 Å². The summed E-state index contributed by atoms with van der Waals surface area (Å²) in [6.07, 6.45) is 4.11. The average Bonchev–Trinajstić information content (AvgIpc) is 3.07. The van der Waals surface area contributed by atoms with Gasteiger partial charge in [0.25, 0.3) is 0 Å². The number of rotatable bonds is 9. The molecule has 0 aromatic heterocycles. The van der Waals surface area contributed by atoms with Crippen LogP contribution in [-0.4, -0.2) is 30.7 Å². The van der Waals surface area contributed by atoms with E-state index in [9.17, 15) is 4.79 Å². The highest BCUT2D eigenvalue weighted by molar-refractivity contribution is 7.80. The van der Waals surface area contributed by atoms with Crippen LogP contribution in [0.25, 0.3) is 0 Å². The molecule has 0 bridgehead atoms. The van der Waals surface area contributed by atoms with Crippen molar-refractivity contribution in [1.29, 1.82) is 0 Å². The van der Waals surface area contributed by atoms with Gasteiger partial charge in [0.1, 0.15) is 0 Å². The zero-order valence-electron chi connectivity index (χ0n) is 10.4. The van der Waals surface area contributed by atoms with E-state index in [2.05, 4.69) is 5.32 Å². The minimum Gasteiger partial charge on any atom is -0.393 e. The zero-order chi connectivity index (χ0) is 12.7. The first-order valence-corrected chi connectivity index (χ1v) is 6.70. The SMILES string of the molecule is CCC(C(=O)NCCCOCC1CC1)C(N)=S. The first kappa shape index (κ1) is 14.4. The summed E-state index contributed by atoms with van der Waals surface area (Å²) in [5.41, 5.74) is 5.49. The number of nitrogens with two attached hydrogens (primary N) is 1. The number of thiocarbonyl (C=S) groups is 1. The summed E-state index contributed by atoms with van der Waals surface area (Å²) in [7, 11) is 0.